The maximum absolute atomic E-state index is 6.20. The Kier molecular flexibility index (Phi) is 3.30. The molecule has 0 N–H and O–H groups in total. The number of nitrogens with zero attached hydrogens (tertiary/aromatic N) is 2. The molecule has 2 saturated heterocycles. The van der Waals surface area contributed by atoms with Crippen molar-refractivity contribution in [2.45, 2.75) is 64.3 Å². The van der Waals surface area contributed by atoms with Crippen LogP contribution in [0.3, 0.4) is 0 Å². The zero-order valence-corrected chi connectivity index (χ0v) is 12.3. The molecule has 100 valence electrons. The van der Waals surface area contributed by atoms with E-state index < -0.39 is 0 Å². The molecule has 0 spiro atoms. The van der Waals surface area contributed by atoms with Gasteiger partial charge in [-0.3, -0.25) is 4.90 Å². The van der Waals surface area contributed by atoms with Crippen LogP contribution in [0.15, 0.2) is 0 Å². The normalized spacial score (nSPS) is 31.8. The van der Waals surface area contributed by atoms with Crippen molar-refractivity contribution < 1.29 is 4.74 Å². The van der Waals surface area contributed by atoms with E-state index >= 15 is 0 Å². The molecule has 1 unspecified atom stereocenters. The van der Waals surface area contributed by atoms with Gasteiger partial charge in [-0.15, -0.1) is 0 Å². The SMILES string of the molecule is CN1CC(OC2CN(C(C)(C)C)C(C)(C)C2)C1. The summed E-state index contributed by atoms with van der Waals surface area (Å²) in [6.07, 6.45) is 2.05. The van der Waals surface area contributed by atoms with Crippen LogP contribution < -0.4 is 0 Å². The first-order valence-electron chi connectivity index (χ1n) is 6.80. The van der Waals surface area contributed by atoms with Crippen molar-refractivity contribution in [2.75, 3.05) is 26.7 Å². The minimum absolute atomic E-state index is 0.234. The Bertz CT molecular complexity index is 276. The molecule has 0 radical (unpaired) electrons. The van der Waals surface area contributed by atoms with Gasteiger partial charge in [0, 0.05) is 30.7 Å². The highest BCUT2D eigenvalue weighted by Gasteiger charge is 2.45. The summed E-state index contributed by atoms with van der Waals surface area (Å²) >= 11 is 0. The van der Waals surface area contributed by atoms with Crippen molar-refractivity contribution in [3.05, 3.63) is 0 Å². The van der Waals surface area contributed by atoms with E-state index in [0.29, 0.717) is 12.2 Å². The molecule has 2 heterocycles. The first-order valence-corrected chi connectivity index (χ1v) is 6.80. The van der Waals surface area contributed by atoms with E-state index in [1.54, 1.807) is 0 Å². The predicted octanol–water partition coefficient (Wildman–Crippen LogP) is 1.97. The number of hydrogen-bond acceptors (Lipinski definition) is 3. The highest BCUT2D eigenvalue weighted by Crippen LogP contribution is 2.36. The number of rotatable bonds is 2. The van der Waals surface area contributed by atoms with E-state index in [2.05, 4.69) is 51.5 Å². The fourth-order valence-electron chi connectivity index (χ4n) is 3.46. The maximum Gasteiger partial charge on any atom is 0.0832 e. The highest BCUT2D eigenvalue weighted by molar-refractivity contribution is 4.99. The molecule has 3 heteroatoms. The lowest BCUT2D eigenvalue weighted by Crippen LogP contribution is -2.52. The summed E-state index contributed by atoms with van der Waals surface area (Å²) in [4.78, 5) is 4.90. The van der Waals surface area contributed by atoms with Gasteiger partial charge >= 0.3 is 0 Å². The summed E-state index contributed by atoms with van der Waals surface area (Å²) in [5.74, 6) is 0. The third kappa shape index (κ3) is 2.83. The van der Waals surface area contributed by atoms with E-state index in [4.69, 9.17) is 4.74 Å². The molecule has 2 aliphatic heterocycles. The van der Waals surface area contributed by atoms with E-state index in [1.165, 1.54) is 0 Å². The Morgan fingerprint density at radius 1 is 1.06 bits per heavy atom. The molecule has 0 aromatic heterocycles. The molecule has 2 fully saturated rings. The average Bonchev–Trinajstić information content (AvgIpc) is 2.37. The van der Waals surface area contributed by atoms with Crippen molar-refractivity contribution in [3.63, 3.8) is 0 Å². The molecule has 0 bridgehead atoms. The predicted molar refractivity (Wildman–Crippen MR) is 71.3 cm³/mol. The van der Waals surface area contributed by atoms with Gasteiger partial charge in [-0.25, -0.2) is 0 Å². The van der Waals surface area contributed by atoms with Crippen LogP contribution in [0.4, 0.5) is 0 Å². The topological polar surface area (TPSA) is 15.7 Å². The highest BCUT2D eigenvalue weighted by atomic mass is 16.5. The van der Waals surface area contributed by atoms with E-state index in [0.717, 1.165) is 26.1 Å². The molecule has 0 saturated carbocycles. The molecule has 0 aromatic rings. The van der Waals surface area contributed by atoms with Crippen LogP contribution in [0.1, 0.15) is 41.0 Å². The third-order valence-corrected chi connectivity index (χ3v) is 4.07. The average molecular weight is 240 g/mol. The van der Waals surface area contributed by atoms with Crippen LogP contribution in [0.25, 0.3) is 0 Å². The molecular formula is C14H28N2O. The van der Waals surface area contributed by atoms with E-state index in [-0.39, 0.29) is 11.1 Å². The zero-order valence-electron chi connectivity index (χ0n) is 12.3. The van der Waals surface area contributed by atoms with Gasteiger partial charge in [-0.05, 0) is 48.1 Å². The van der Waals surface area contributed by atoms with Crippen LogP contribution >= 0.6 is 0 Å². The van der Waals surface area contributed by atoms with Gasteiger partial charge in [0.25, 0.3) is 0 Å². The van der Waals surface area contributed by atoms with Crippen LogP contribution in [0.5, 0.6) is 0 Å². The lowest BCUT2D eigenvalue weighted by molar-refractivity contribution is -0.0811. The summed E-state index contributed by atoms with van der Waals surface area (Å²) in [7, 11) is 2.15. The minimum Gasteiger partial charge on any atom is -0.371 e. The smallest absolute Gasteiger partial charge is 0.0832 e. The van der Waals surface area contributed by atoms with Crippen molar-refractivity contribution in [1.29, 1.82) is 0 Å². The summed E-state index contributed by atoms with van der Waals surface area (Å²) in [5.41, 5.74) is 0.497. The molecule has 3 nitrogen and oxygen atoms in total. The summed E-state index contributed by atoms with van der Waals surface area (Å²) < 4.78 is 6.20. The van der Waals surface area contributed by atoms with Crippen molar-refractivity contribution >= 4 is 0 Å². The molecule has 0 aliphatic carbocycles. The number of likely N-dealkylation sites (N-methyl/N-ethyl adjacent to an activating group) is 1. The Hall–Kier alpha value is -0.120. The summed E-state index contributed by atoms with van der Waals surface area (Å²) in [6, 6.07) is 0. The molecule has 2 aliphatic rings. The Morgan fingerprint density at radius 2 is 1.65 bits per heavy atom. The van der Waals surface area contributed by atoms with E-state index in [9.17, 15) is 0 Å². The van der Waals surface area contributed by atoms with Crippen molar-refractivity contribution in [1.82, 2.24) is 9.80 Å². The van der Waals surface area contributed by atoms with Crippen LogP contribution in [0.2, 0.25) is 0 Å². The van der Waals surface area contributed by atoms with Gasteiger partial charge in [0.05, 0.1) is 12.2 Å². The standard InChI is InChI=1S/C14H28N2O/c1-13(2,3)16-10-11(7-14(16,4)5)17-12-8-15(6)9-12/h11-12H,7-10H2,1-6H3. The fraction of sp³-hybridized carbons (Fsp3) is 1.00. The van der Waals surface area contributed by atoms with Gasteiger partial charge in [-0.1, -0.05) is 0 Å². The van der Waals surface area contributed by atoms with E-state index in [1.807, 2.05) is 0 Å². The Labute approximate surface area is 106 Å². The Morgan fingerprint density at radius 3 is 2.06 bits per heavy atom. The molecule has 0 amide bonds. The van der Waals surface area contributed by atoms with Gasteiger partial charge in [0.15, 0.2) is 0 Å². The van der Waals surface area contributed by atoms with Gasteiger partial charge in [-0.2, -0.15) is 0 Å². The van der Waals surface area contributed by atoms with Gasteiger partial charge < -0.3 is 9.64 Å². The van der Waals surface area contributed by atoms with Gasteiger partial charge in [0.1, 0.15) is 0 Å². The lowest BCUT2D eigenvalue weighted by Gasteiger charge is -2.42. The number of ether oxygens (including phenoxy) is 1. The van der Waals surface area contributed by atoms with Crippen molar-refractivity contribution in [2.24, 2.45) is 0 Å². The number of hydrogen-bond donors (Lipinski definition) is 0. The molecule has 1 atom stereocenters. The van der Waals surface area contributed by atoms with Crippen LogP contribution in [-0.2, 0) is 4.74 Å². The third-order valence-electron chi connectivity index (χ3n) is 4.07. The second-order valence-electron chi connectivity index (χ2n) is 7.40. The number of likely N-dealkylation sites (tertiary alicyclic amines) is 2. The maximum atomic E-state index is 6.20. The lowest BCUT2D eigenvalue weighted by atomic mass is 9.96. The molecule has 0 aromatic carbocycles. The molecule has 17 heavy (non-hydrogen) atoms. The largest absolute Gasteiger partial charge is 0.371 e. The first kappa shape index (κ1) is 13.3. The molecular weight excluding hydrogens is 212 g/mol. The molecule has 2 rings (SSSR count). The Balaban J connectivity index is 1.92. The second kappa shape index (κ2) is 4.22. The van der Waals surface area contributed by atoms with Gasteiger partial charge in [0.2, 0.25) is 0 Å². The monoisotopic (exact) mass is 240 g/mol. The quantitative estimate of drug-likeness (QED) is 0.734. The minimum atomic E-state index is 0.234. The van der Waals surface area contributed by atoms with Crippen LogP contribution in [-0.4, -0.2) is 59.8 Å². The summed E-state index contributed by atoms with van der Waals surface area (Å²) in [5, 5.41) is 0. The summed E-state index contributed by atoms with van der Waals surface area (Å²) in [6.45, 7) is 14.9. The fourth-order valence-corrected chi connectivity index (χ4v) is 3.46. The second-order valence-corrected chi connectivity index (χ2v) is 7.40. The van der Waals surface area contributed by atoms with Crippen LogP contribution in [0, 0.1) is 0 Å². The first-order chi connectivity index (χ1) is 7.68. The van der Waals surface area contributed by atoms with Crippen molar-refractivity contribution in [3.8, 4) is 0 Å². The zero-order chi connectivity index (χ0) is 12.8.